The third-order valence-corrected chi connectivity index (χ3v) is 3.84. The lowest BCUT2D eigenvalue weighted by Gasteiger charge is -2.04. The van der Waals surface area contributed by atoms with Gasteiger partial charge in [0.1, 0.15) is 5.82 Å². The fourth-order valence-electron chi connectivity index (χ4n) is 2.26. The molecule has 6 nitrogen and oxygen atoms in total. The molecular weight excluding hydrogens is 365 g/mol. The van der Waals surface area contributed by atoms with Gasteiger partial charge in [0, 0.05) is 10.0 Å². The molecule has 23 heavy (non-hydrogen) atoms. The molecule has 4 rings (SSSR count). The largest absolute Gasteiger partial charge is 0.300 e. The molecule has 2 aromatic carbocycles. The predicted molar refractivity (Wildman–Crippen MR) is 85.4 cm³/mol. The Hall–Kier alpha value is -2.74. The summed E-state index contributed by atoms with van der Waals surface area (Å²) in [6.45, 7) is 0. The van der Waals surface area contributed by atoms with Crippen molar-refractivity contribution in [1.29, 1.82) is 0 Å². The van der Waals surface area contributed by atoms with E-state index >= 15 is 0 Å². The van der Waals surface area contributed by atoms with Gasteiger partial charge in [-0.3, -0.25) is 4.79 Å². The molecule has 0 radical (unpaired) electrons. The summed E-state index contributed by atoms with van der Waals surface area (Å²) in [6, 6.07) is 10.9. The average Bonchev–Trinajstić information content (AvgIpc) is 2.55. The van der Waals surface area contributed by atoms with Gasteiger partial charge in [-0.2, -0.15) is 4.98 Å². The summed E-state index contributed by atoms with van der Waals surface area (Å²) in [4.78, 5) is 16.4. The first kappa shape index (κ1) is 13.9. The van der Waals surface area contributed by atoms with Gasteiger partial charge in [-0.1, -0.05) is 15.9 Å². The van der Waals surface area contributed by atoms with E-state index in [1.807, 2.05) is 6.07 Å². The van der Waals surface area contributed by atoms with Gasteiger partial charge in [0.15, 0.2) is 11.3 Å². The van der Waals surface area contributed by atoms with Crippen molar-refractivity contribution in [2.24, 2.45) is 0 Å². The maximum Gasteiger partial charge on any atom is 0.300 e. The van der Waals surface area contributed by atoms with Gasteiger partial charge in [-0.05, 0) is 47.7 Å². The van der Waals surface area contributed by atoms with E-state index in [2.05, 4.69) is 36.3 Å². The molecule has 0 aliphatic rings. The Balaban J connectivity index is 2.03. The van der Waals surface area contributed by atoms with E-state index < -0.39 is 11.4 Å². The molecule has 0 amide bonds. The second-order valence-corrected chi connectivity index (χ2v) is 5.75. The highest BCUT2D eigenvalue weighted by Crippen LogP contribution is 2.20. The summed E-state index contributed by atoms with van der Waals surface area (Å²) >= 11 is 3.38. The molecule has 0 bridgehead atoms. The molecular formula is C15H7BrFN5O. The number of rotatable bonds is 1. The molecule has 0 spiro atoms. The van der Waals surface area contributed by atoms with Gasteiger partial charge >= 0.3 is 0 Å². The van der Waals surface area contributed by atoms with Crippen LogP contribution in [0.5, 0.6) is 0 Å². The fraction of sp³-hybridized carbons (Fsp3) is 0. The standard InChI is InChI=1S/C15H7BrFN5O/c16-9-3-6-12-11(7-9)14-18-15(23)13(20-22(14)21-19-12)8-1-4-10(17)5-2-8/h1-7H. The lowest BCUT2D eigenvalue weighted by molar-refractivity contribution is 0.628. The van der Waals surface area contributed by atoms with E-state index in [0.29, 0.717) is 22.1 Å². The van der Waals surface area contributed by atoms with Crippen molar-refractivity contribution in [3.8, 4) is 11.3 Å². The number of halogens is 2. The van der Waals surface area contributed by atoms with Gasteiger partial charge in [0.2, 0.25) is 0 Å². The minimum atomic E-state index is -0.508. The SMILES string of the molecule is O=c1nc2c3cc(Br)ccc3nnn2nc1-c1ccc(F)cc1. The van der Waals surface area contributed by atoms with Crippen molar-refractivity contribution in [1.82, 2.24) is 25.0 Å². The maximum absolute atomic E-state index is 13.0. The quantitative estimate of drug-likeness (QED) is 0.481. The van der Waals surface area contributed by atoms with Crippen molar-refractivity contribution in [2.45, 2.75) is 0 Å². The first-order valence-corrected chi connectivity index (χ1v) is 7.40. The first-order valence-electron chi connectivity index (χ1n) is 6.61. The summed E-state index contributed by atoms with van der Waals surface area (Å²) in [6.07, 6.45) is 0. The summed E-state index contributed by atoms with van der Waals surface area (Å²) in [5.41, 5.74) is 0.968. The van der Waals surface area contributed by atoms with Crippen LogP contribution in [0.15, 0.2) is 51.7 Å². The summed E-state index contributed by atoms with van der Waals surface area (Å²) in [5, 5.41) is 12.8. The van der Waals surface area contributed by atoms with E-state index in [-0.39, 0.29) is 5.69 Å². The zero-order valence-corrected chi connectivity index (χ0v) is 13.0. The Labute approximate surface area is 136 Å². The molecule has 0 atom stereocenters. The molecule has 0 aliphatic heterocycles. The van der Waals surface area contributed by atoms with E-state index in [1.165, 1.54) is 28.9 Å². The summed E-state index contributed by atoms with van der Waals surface area (Å²) in [7, 11) is 0. The van der Waals surface area contributed by atoms with Crippen LogP contribution in [0.2, 0.25) is 0 Å². The number of aromatic nitrogens is 5. The maximum atomic E-state index is 13.0. The number of benzene rings is 2. The lowest BCUT2D eigenvalue weighted by atomic mass is 10.1. The van der Waals surface area contributed by atoms with Gasteiger partial charge in [0.05, 0.1) is 10.9 Å². The zero-order valence-electron chi connectivity index (χ0n) is 11.4. The first-order chi connectivity index (χ1) is 11.1. The molecule has 2 aromatic heterocycles. The van der Waals surface area contributed by atoms with Crippen LogP contribution in [0.4, 0.5) is 4.39 Å². The second kappa shape index (κ2) is 5.17. The van der Waals surface area contributed by atoms with Crippen LogP contribution >= 0.6 is 15.9 Å². The molecule has 112 valence electrons. The highest BCUT2D eigenvalue weighted by Gasteiger charge is 2.12. The number of nitrogens with zero attached hydrogens (tertiary/aromatic N) is 5. The van der Waals surface area contributed by atoms with Gasteiger partial charge in [-0.25, -0.2) is 4.39 Å². The molecule has 0 unspecified atom stereocenters. The lowest BCUT2D eigenvalue weighted by Crippen LogP contribution is -2.18. The van der Waals surface area contributed by atoms with E-state index in [1.54, 1.807) is 12.1 Å². The number of hydrogen-bond acceptors (Lipinski definition) is 5. The van der Waals surface area contributed by atoms with Crippen LogP contribution in [0.1, 0.15) is 0 Å². The molecule has 2 heterocycles. The van der Waals surface area contributed by atoms with Gasteiger partial charge in [0.25, 0.3) is 5.56 Å². The minimum Gasteiger partial charge on any atom is -0.265 e. The number of fused-ring (bicyclic) bond motifs is 3. The molecule has 0 saturated carbocycles. The summed E-state index contributed by atoms with van der Waals surface area (Å²) in [5.74, 6) is -0.391. The molecule has 0 aliphatic carbocycles. The van der Waals surface area contributed by atoms with Crippen LogP contribution in [0.3, 0.4) is 0 Å². The van der Waals surface area contributed by atoms with Crippen molar-refractivity contribution in [2.75, 3.05) is 0 Å². The van der Waals surface area contributed by atoms with Crippen molar-refractivity contribution >= 4 is 32.5 Å². The highest BCUT2D eigenvalue weighted by molar-refractivity contribution is 9.10. The Morgan fingerprint density at radius 3 is 2.65 bits per heavy atom. The van der Waals surface area contributed by atoms with E-state index in [4.69, 9.17) is 0 Å². The Morgan fingerprint density at radius 2 is 1.87 bits per heavy atom. The van der Waals surface area contributed by atoms with Crippen LogP contribution in [-0.2, 0) is 0 Å². The molecule has 0 N–H and O–H groups in total. The van der Waals surface area contributed by atoms with Gasteiger partial charge < -0.3 is 0 Å². The normalized spacial score (nSPS) is 11.2. The van der Waals surface area contributed by atoms with Crippen LogP contribution < -0.4 is 5.56 Å². The van der Waals surface area contributed by atoms with Crippen molar-refractivity contribution in [3.05, 3.63) is 63.1 Å². The van der Waals surface area contributed by atoms with E-state index in [0.717, 1.165) is 4.47 Å². The van der Waals surface area contributed by atoms with E-state index in [9.17, 15) is 9.18 Å². The monoisotopic (exact) mass is 371 g/mol. The van der Waals surface area contributed by atoms with Crippen LogP contribution in [0.25, 0.3) is 27.8 Å². The minimum absolute atomic E-state index is 0.0890. The van der Waals surface area contributed by atoms with Crippen LogP contribution in [0, 0.1) is 5.82 Å². The third-order valence-electron chi connectivity index (χ3n) is 3.35. The third kappa shape index (κ3) is 2.36. The molecule has 8 heteroatoms. The average molecular weight is 372 g/mol. The predicted octanol–water partition coefficient (Wildman–Crippen LogP) is 2.60. The topological polar surface area (TPSA) is 73.0 Å². The Bertz CT molecular complexity index is 1110. The summed E-state index contributed by atoms with van der Waals surface area (Å²) < 4.78 is 15.1. The van der Waals surface area contributed by atoms with Gasteiger partial charge in [-0.15, -0.1) is 14.8 Å². The molecule has 4 aromatic rings. The molecule has 0 saturated heterocycles. The smallest absolute Gasteiger partial charge is 0.265 e. The highest BCUT2D eigenvalue weighted by atomic mass is 79.9. The molecule has 0 fully saturated rings. The van der Waals surface area contributed by atoms with Crippen molar-refractivity contribution < 1.29 is 4.39 Å². The Morgan fingerprint density at radius 1 is 1.09 bits per heavy atom. The zero-order chi connectivity index (χ0) is 16.0. The number of hydrogen-bond donors (Lipinski definition) is 0. The Kier molecular flexibility index (Phi) is 3.12. The second-order valence-electron chi connectivity index (χ2n) is 4.84. The van der Waals surface area contributed by atoms with Crippen LogP contribution in [-0.4, -0.2) is 25.0 Å². The fourth-order valence-corrected chi connectivity index (χ4v) is 2.62. The van der Waals surface area contributed by atoms with Crippen molar-refractivity contribution in [3.63, 3.8) is 0 Å².